The Labute approximate surface area is 175 Å². The maximum absolute atomic E-state index is 12.0. The van der Waals surface area contributed by atoms with Crippen LogP contribution in [0.1, 0.15) is 12.0 Å². The molecular formula is C22H24N6O2. The molecule has 1 aliphatic heterocycles. The number of amides is 1. The van der Waals surface area contributed by atoms with E-state index in [1.165, 1.54) is 0 Å². The van der Waals surface area contributed by atoms with Crippen LogP contribution in [0.4, 0.5) is 0 Å². The van der Waals surface area contributed by atoms with E-state index in [-0.39, 0.29) is 23.1 Å². The highest BCUT2D eigenvalue weighted by Crippen LogP contribution is 2.23. The number of aliphatic imine (C=N–C) groups is 1. The molecule has 2 aromatic rings. The number of primary amides is 1. The standard InChI is InChI=1S/C22H24N6O2/c23-11-13-28-12-10-16(14-28)27-21(25)19(22(26)29)20(24)15-6-8-18(9-7-15)30-17-4-2-1-3-5-17/h1-9,16H,10,12-14,24H2,(H2,25,27)(H2,26,29). The quantitative estimate of drug-likeness (QED) is 0.277. The molecule has 0 saturated carbocycles. The molecule has 1 fully saturated rings. The second-order valence-electron chi connectivity index (χ2n) is 6.94. The van der Waals surface area contributed by atoms with E-state index in [9.17, 15) is 4.79 Å². The maximum Gasteiger partial charge on any atom is 0.254 e. The largest absolute Gasteiger partial charge is 0.457 e. The van der Waals surface area contributed by atoms with E-state index >= 15 is 0 Å². The first kappa shape index (κ1) is 20.9. The third-order valence-corrected chi connectivity index (χ3v) is 4.78. The number of nitriles is 1. The van der Waals surface area contributed by atoms with Gasteiger partial charge in [-0.2, -0.15) is 5.26 Å². The fraction of sp³-hybridized carbons (Fsp3) is 0.227. The molecule has 154 valence electrons. The third kappa shape index (κ3) is 5.16. The molecule has 0 aliphatic carbocycles. The summed E-state index contributed by atoms with van der Waals surface area (Å²) in [4.78, 5) is 18.5. The highest BCUT2D eigenvalue weighted by molar-refractivity contribution is 6.24. The van der Waals surface area contributed by atoms with Gasteiger partial charge in [-0.25, -0.2) is 0 Å². The molecule has 0 aromatic heterocycles. The van der Waals surface area contributed by atoms with Gasteiger partial charge in [0.2, 0.25) is 0 Å². The lowest BCUT2D eigenvalue weighted by Gasteiger charge is -2.13. The number of para-hydroxylation sites is 1. The van der Waals surface area contributed by atoms with Gasteiger partial charge >= 0.3 is 0 Å². The zero-order valence-corrected chi connectivity index (χ0v) is 16.5. The molecule has 1 atom stereocenters. The number of rotatable bonds is 7. The summed E-state index contributed by atoms with van der Waals surface area (Å²) in [5.41, 5.74) is 18.6. The van der Waals surface area contributed by atoms with Crippen LogP contribution in [0, 0.1) is 11.3 Å². The molecule has 1 heterocycles. The zero-order valence-electron chi connectivity index (χ0n) is 16.5. The Hall–Kier alpha value is -3.83. The smallest absolute Gasteiger partial charge is 0.254 e. The normalized spacial score (nSPS) is 17.8. The minimum Gasteiger partial charge on any atom is -0.457 e. The summed E-state index contributed by atoms with van der Waals surface area (Å²) >= 11 is 0. The molecule has 6 N–H and O–H groups in total. The topological polar surface area (TPSA) is 144 Å². The van der Waals surface area contributed by atoms with Crippen molar-refractivity contribution < 1.29 is 9.53 Å². The summed E-state index contributed by atoms with van der Waals surface area (Å²) in [6.45, 7) is 1.69. The second-order valence-corrected chi connectivity index (χ2v) is 6.94. The zero-order chi connectivity index (χ0) is 21.5. The number of nitrogens with two attached hydrogens (primary N) is 3. The van der Waals surface area contributed by atoms with Crippen LogP contribution in [0.5, 0.6) is 11.5 Å². The predicted molar refractivity (Wildman–Crippen MR) is 115 cm³/mol. The number of likely N-dealkylation sites (tertiary alicyclic amines) is 1. The molecule has 2 aromatic carbocycles. The van der Waals surface area contributed by atoms with Gasteiger partial charge in [0, 0.05) is 13.1 Å². The summed E-state index contributed by atoms with van der Waals surface area (Å²) in [5, 5.41) is 8.81. The fourth-order valence-corrected chi connectivity index (χ4v) is 3.29. The van der Waals surface area contributed by atoms with Gasteiger partial charge in [-0.15, -0.1) is 0 Å². The van der Waals surface area contributed by atoms with Gasteiger partial charge < -0.3 is 21.9 Å². The van der Waals surface area contributed by atoms with Crippen LogP contribution < -0.4 is 21.9 Å². The average Bonchev–Trinajstić information content (AvgIpc) is 3.16. The molecule has 30 heavy (non-hydrogen) atoms. The van der Waals surface area contributed by atoms with Gasteiger partial charge in [-0.3, -0.25) is 14.7 Å². The second kappa shape index (κ2) is 9.58. The Balaban J connectivity index is 1.80. The van der Waals surface area contributed by atoms with Gasteiger partial charge in [0.1, 0.15) is 22.9 Å². The Kier molecular flexibility index (Phi) is 6.67. The summed E-state index contributed by atoms with van der Waals surface area (Å²) < 4.78 is 5.76. The van der Waals surface area contributed by atoms with Gasteiger partial charge in [0.05, 0.1) is 24.4 Å². The molecule has 1 aliphatic rings. The average molecular weight is 404 g/mol. The summed E-state index contributed by atoms with van der Waals surface area (Å²) in [6.07, 6.45) is 0.750. The molecule has 0 radical (unpaired) electrons. The van der Waals surface area contributed by atoms with Crippen molar-refractivity contribution in [2.75, 3.05) is 19.6 Å². The van der Waals surface area contributed by atoms with E-state index in [0.717, 1.165) is 13.0 Å². The van der Waals surface area contributed by atoms with Gasteiger partial charge in [-0.05, 0) is 48.4 Å². The number of carbonyl (C=O) groups is 1. The van der Waals surface area contributed by atoms with Crippen LogP contribution in [-0.2, 0) is 4.79 Å². The number of ether oxygens (including phenoxy) is 1. The Morgan fingerprint density at radius 3 is 2.40 bits per heavy atom. The van der Waals surface area contributed by atoms with Crippen LogP contribution in [0.25, 0.3) is 5.70 Å². The molecule has 0 bridgehead atoms. The number of hydrogen-bond acceptors (Lipinski definition) is 6. The van der Waals surface area contributed by atoms with E-state index in [0.29, 0.717) is 30.2 Å². The summed E-state index contributed by atoms with van der Waals surface area (Å²) in [7, 11) is 0. The first-order valence-corrected chi connectivity index (χ1v) is 9.53. The minimum atomic E-state index is -0.745. The van der Waals surface area contributed by atoms with E-state index in [1.807, 2.05) is 35.2 Å². The molecule has 0 spiro atoms. The predicted octanol–water partition coefficient (Wildman–Crippen LogP) is 1.59. The maximum atomic E-state index is 12.0. The van der Waals surface area contributed by atoms with Crippen molar-refractivity contribution in [3.63, 3.8) is 0 Å². The molecule has 8 nitrogen and oxygen atoms in total. The Morgan fingerprint density at radius 2 is 1.77 bits per heavy atom. The lowest BCUT2D eigenvalue weighted by molar-refractivity contribution is -0.114. The van der Waals surface area contributed by atoms with Crippen LogP contribution in [-0.4, -0.2) is 42.3 Å². The van der Waals surface area contributed by atoms with Crippen molar-refractivity contribution in [2.24, 2.45) is 22.2 Å². The summed E-state index contributed by atoms with van der Waals surface area (Å²) in [5.74, 6) is 0.604. The number of hydrogen-bond donors (Lipinski definition) is 3. The van der Waals surface area contributed by atoms with Crippen molar-refractivity contribution in [2.45, 2.75) is 12.5 Å². The Morgan fingerprint density at radius 1 is 1.10 bits per heavy atom. The molecule has 1 unspecified atom stereocenters. The van der Waals surface area contributed by atoms with Gasteiger partial charge in [0.15, 0.2) is 0 Å². The first-order valence-electron chi connectivity index (χ1n) is 9.53. The molecule has 1 saturated heterocycles. The van der Waals surface area contributed by atoms with Crippen molar-refractivity contribution >= 4 is 17.4 Å². The van der Waals surface area contributed by atoms with Gasteiger partial charge in [-0.1, -0.05) is 18.2 Å². The first-order chi connectivity index (χ1) is 14.5. The van der Waals surface area contributed by atoms with Crippen molar-refractivity contribution in [1.29, 1.82) is 5.26 Å². The monoisotopic (exact) mass is 404 g/mol. The minimum absolute atomic E-state index is 0.00780. The highest BCUT2D eigenvalue weighted by atomic mass is 16.5. The number of nitrogens with zero attached hydrogens (tertiary/aromatic N) is 3. The fourth-order valence-electron chi connectivity index (χ4n) is 3.29. The molecule has 8 heteroatoms. The number of amidine groups is 1. The van der Waals surface area contributed by atoms with Crippen LogP contribution in [0.3, 0.4) is 0 Å². The van der Waals surface area contributed by atoms with Crippen molar-refractivity contribution in [1.82, 2.24) is 4.90 Å². The van der Waals surface area contributed by atoms with Crippen molar-refractivity contribution in [3.8, 4) is 17.6 Å². The van der Waals surface area contributed by atoms with Crippen LogP contribution in [0.15, 0.2) is 65.2 Å². The molecule has 1 amide bonds. The molecular weight excluding hydrogens is 380 g/mol. The van der Waals surface area contributed by atoms with E-state index in [2.05, 4.69) is 11.1 Å². The lowest BCUT2D eigenvalue weighted by atomic mass is 10.0. The van der Waals surface area contributed by atoms with E-state index in [1.54, 1.807) is 24.3 Å². The van der Waals surface area contributed by atoms with Crippen LogP contribution >= 0.6 is 0 Å². The Bertz CT molecular complexity index is 993. The summed E-state index contributed by atoms with van der Waals surface area (Å²) in [6, 6.07) is 18.3. The van der Waals surface area contributed by atoms with E-state index < -0.39 is 5.91 Å². The molecule has 3 rings (SSSR count). The van der Waals surface area contributed by atoms with Gasteiger partial charge in [0.25, 0.3) is 5.91 Å². The van der Waals surface area contributed by atoms with Crippen LogP contribution in [0.2, 0.25) is 0 Å². The lowest BCUT2D eigenvalue weighted by Crippen LogP contribution is -2.31. The van der Waals surface area contributed by atoms with Crippen molar-refractivity contribution in [3.05, 3.63) is 65.7 Å². The number of carbonyl (C=O) groups excluding carboxylic acids is 1. The highest BCUT2D eigenvalue weighted by Gasteiger charge is 2.24. The SMILES string of the molecule is N#CCN1CCC(N=C(N)C(C(N)=O)=C(N)c2ccc(Oc3ccccc3)cc2)C1. The third-order valence-electron chi connectivity index (χ3n) is 4.78. The van der Waals surface area contributed by atoms with E-state index in [4.69, 9.17) is 27.2 Å². The number of benzene rings is 2.